The zero-order valence-corrected chi connectivity index (χ0v) is 6.98. The van der Waals surface area contributed by atoms with Crippen molar-refractivity contribution in [2.75, 3.05) is 6.54 Å². The maximum absolute atomic E-state index is 5.61. The highest BCUT2D eigenvalue weighted by atomic mass is 79.9. The summed E-state index contributed by atoms with van der Waals surface area (Å²) in [5.41, 5.74) is 5.61. The lowest BCUT2D eigenvalue weighted by atomic mass is 10.2. The van der Waals surface area contributed by atoms with Gasteiger partial charge < -0.3 is 5.73 Å². The number of aliphatic imine (C=N–C) groups is 1. The van der Waals surface area contributed by atoms with Gasteiger partial charge in [0.05, 0.1) is 11.6 Å². The Morgan fingerprint density at radius 1 is 1.89 bits per heavy atom. The molecule has 0 saturated heterocycles. The molecule has 1 aliphatic rings. The van der Waals surface area contributed by atoms with Crippen LogP contribution >= 0.6 is 27.5 Å². The van der Waals surface area contributed by atoms with Crippen LogP contribution in [0.3, 0.4) is 0 Å². The van der Waals surface area contributed by atoms with Gasteiger partial charge in [-0.05, 0) is 6.08 Å². The third-order valence-electron chi connectivity index (χ3n) is 0.926. The fraction of sp³-hybridized carbons (Fsp3) is 0.400. The molecule has 0 aromatic rings. The van der Waals surface area contributed by atoms with Crippen molar-refractivity contribution in [3.05, 3.63) is 11.1 Å². The minimum Gasteiger partial charge on any atom is -0.311 e. The van der Waals surface area contributed by atoms with Gasteiger partial charge in [-0.25, -0.2) is 0 Å². The highest BCUT2D eigenvalue weighted by Crippen LogP contribution is 2.19. The molecule has 9 heavy (non-hydrogen) atoms. The van der Waals surface area contributed by atoms with E-state index in [-0.39, 0.29) is 0 Å². The molecule has 0 fully saturated rings. The summed E-state index contributed by atoms with van der Waals surface area (Å²) in [7, 11) is 0. The van der Waals surface area contributed by atoms with Crippen molar-refractivity contribution in [3.63, 3.8) is 0 Å². The van der Waals surface area contributed by atoms with Gasteiger partial charge in [0.1, 0.15) is 4.45 Å². The van der Waals surface area contributed by atoms with Crippen LogP contribution in [0.2, 0.25) is 0 Å². The molecule has 0 bridgehead atoms. The minimum absolute atomic E-state index is 0.529. The molecular formula is C5H6BrClN2. The van der Waals surface area contributed by atoms with Gasteiger partial charge >= 0.3 is 0 Å². The number of halogens is 2. The summed E-state index contributed by atoms with van der Waals surface area (Å²) >= 11 is 8.84. The van der Waals surface area contributed by atoms with Crippen LogP contribution in [0, 0.1) is 0 Å². The quantitative estimate of drug-likeness (QED) is 0.473. The van der Waals surface area contributed by atoms with E-state index in [4.69, 9.17) is 17.3 Å². The Morgan fingerprint density at radius 2 is 2.56 bits per heavy atom. The monoisotopic (exact) mass is 208 g/mol. The van der Waals surface area contributed by atoms with Gasteiger partial charge in [-0.1, -0.05) is 27.5 Å². The zero-order valence-electron chi connectivity index (χ0n) is 4.64. The summed E-state index contributed by atoms with van der Waals surface area (Å²) in [6, 6.07) is 0. The predicted octanol–water partition coefficient (Wildman–Crippen LogP) is 1.24. The number of alkyl halides is 1. The molecule has 50 valence electrons. The Balaban J connectivity index is 2.78. The van der Waals surface area contributed by atoms with Crippen LogP contribution in [-0.2, 0) is 0 Å². The summed E-state index contributed by atoms with van der Waals surface area (Å²) in [5, 5.41) is 0.584. The number of hydrogen-bond acceptors (Lipinski definition) is 2. The molecule has 0 radical (unpaired) electrons. The third-order valence-corrected chi connectivity index (χ3v) is 1.61. The van der Waals surface area contributed by atoms with Crippen LogP contribution in [-0.4, -0.2) is 17.2 Å². The Kier molecular flexibility index (Phi) is 1.94. The summed E-state index contributed by atoms with van der Waals surface area (Å²) in [4.78, 5) is 3.91. The van der Waals surface area contributed by atoms with Gasteiger partial charge in [-0.3, -0.25) is 4.99 Å². The first-order valence-electron chi connectivity index (χ1n) is 2.46. The van der Waals surface area contributed by atoms with Gasteiger partial charge in [0.15, 0.2) is 0 Å². The van der Waals surface area contributed by atoms with Crippen molar-refractivity contribution in [2.24, 2.45) is 10.7 Å². The van der Waals surface area contributed by atoms with E-state index in [0.29, 0.717) is 11.6 Å². The number of rotatable bonds is 0. The van der Waals surface area contributed by atoms with Crippen molar-refractivity contribution in [3.8, 4) is 0 Å². The van der Waals surface area contributed by atoms with E-state index in [1.807, 2.05) is 0 Å². The molecule has 1 rings (SSSR count). The van der Waals surface area contributed by atoms with Crippen molar-refractivity contribution in [1.29, 1.82) is 0 Å². The van der Waals surface area contributed by atoms with E-state index < -0.39 is 4.45 Å². The molecule has 2 N–H and O–H groups in total. The van der Waals surface area contributed by atoms with E-state index in [2.05, 4.69) is 20.9 Å². The average Bonchev–Trinajstić information content (AvgIpc) is 1.60. The maximum Gasteiger partial charge on any atom is 0.112 e. The molecule has 1 aliphatic heterocycles. The van der Waals surface area contributed by atoms with Crippen molar-refractivity contribution >= 4 is 33.7 Å². The Morgan fingerprint density at radius 3 is 2.89 bits per heavy atom. The van der Waals surface area contributed by atoms with E-state index in [9.17, 15) is 0 Å². The standard InChI is InChI=1S/C5H6BrClN2/c6-5(8)1-4(7)2-9-3-5/h1-2H,3,8H2. The second kappa shape index (κ2) is 2.40. The number of allylic oxidation sites excluding steroid dienone is 1. The lowest BCUT2D eigenvalue weighted by molar-refractivity contribution is 0.771. The van der Waals surface area contributed by atoms with Crippen LogP contribution in [0.25, 0.3) is 0 Å². The average molecular weight is 209 g/mol. The van der Waals surface area contributed by atoms with Gasteiger partial charge in [0.25, 0.3) is 0 Å². The second-order valence-corrected chi connectivity index (χ2v) is 3.84. The lowest BCUT2D eigenvalue weighted by Gasteiger charge is -2.17. The molecular weight excluding hydrogens is 203 g/mol. The number of hydrogen-bond donors (Lipinski definition) is 1. The zero-order chi connectivity index (χ0) is 6.91. The molecule has 0 spiro atoms. The van der Waals surface area contributed by atoms with Gasteiger partial charge in [0.2, 0.25) is 0 Å². The molecule has 1 unspecified atom stereocenters. The Bertz CT molecular complexity index is 174. The van der Waals surface area contributed by atoms with Gasteiger partial charge in [0, 0.05) is 6.21 Å². The van der Waals surface area contributed by atoms with Crippen LogP contribution in [0.15, 0.2) is 16.1 Å². The molecule has 0 aliphatic carbocycles. The molecule has 4 heteroatoms. The molecule has 0 aromatic heterocycles. The number of nitrogens with zero attached hydrogens (tertiary/aromatic N) is 1. The molecule has 0 saturated carbocycles. The number of dihydropyridines is 1. The van der Waals surface area contributed by atoms with E-state index >= 15 is 0 Å². The SMILES string of the molecule is NC1(Br)C=C(Cl)C=NC1. The second-order valence-electron chi connectivity index (χ2n) is 1.93. The first-order valence-corrected chi connectivity index (χ1v) is 3.63. The first-order chi connectivity index (χ1) is 4.10. The maximum atomic E-state index is 5.61. The Hall–Kier alpha value is 0.140. The fourth-order valence-corrected chi connectivity index (χ4v) is 1.37. The fourth-order valence-electron chi connectivity index (χ4n) is 0.585. The van der Waals surface area contributed by atoms with Gasteiger partial charge in [-0.15, -0.1) is 0 Å². The van der Waals surface area contributed by atoms with Gasteiger partial charge in [-0.2, -0.15) is 0 Å². The summed E-state index contributed by atoms with van der Waals surface area (Å²) < 4.78 is -0.529. The number of nitrogens with two attached hydrogens (primary N) is 1. The summed E-state index contributed by atoms with van der Waals surface area (Å²) in [6.07, 6.45) is 3.31. The van der Waals surface area contributed by atoms with E-state index in [1.165, 1.54) is 0 Å². The minimum atomic E-state index is -0.529. The van der Waals surface area contributed by atoms with Crippen LogP contribution in [0.5, 0.6) is 0 Å². The smallest absolute Gasteiger partial charge is 0.112 e. The Labute approximate surface area is 66.9 Å². The third kappa shape index (κ3) is 2.08. The topological polar surface area (TPSA) is 38.4 Å². The molecule has 2 nitrogen and oxygen atoms in total. The molecule has 1 heterocycles. The van der Waals surface area contributed by atoms with Crippen molar-refractivity contribution in [2.45, 2.75) is 4.45 Å². The lowest BCUT2D eigenvalue weighted by Crippen LogP contribution is -2.35. The highest BCUT2D eigenvalue weighted by Gasteiger charge is 2.19. The predicted molar refractivity (Wildman–Crippen MR) is 43.1 cm³/mol. The van der Waals surface area contributed by atoms with Crippen LogP contribution in [0.1, 0.15) is 0 Å². The van der Waals surface area contributed by atoms with Crippen molar-refractivity contribution in [1.82, 2.24) is 0 Å². The highest BCUT2D eigenvalue weighted by molar-refractivity contribution is 9.10. The van der Waals surface area contributed by atoms with Crippen LogP contribution in [0.4, 0.5) is 0 Å². The van der Waals surface area contributed by atoms with Crippen LogP contribution < -0.4 is 5.73 Å². The first kappa shape index (κ1) is 7.25. The molecule has 1 atom stereocenters. The summed E-state index contributed by atoms with van der Waals surface area (Å²) in [6.45, 7) is 0.545. The normalized spacial score (nSPS) is 34.3. The van der Waals surface area contributed by atoms with Crippen molar-refractivity contribution < 1.29 is 0 Å². The largest absolute Gasteiger partial charge is 0.311 e. The van der Waals surface area contributed by atoms with E-state index in [1.54, 1.807) is 12.3 Å². The molecule has 0 aromatic carbocycles. The summed E-state index contributed by atoms with van der Waals surface area (Å²) in [5.74, 6) is 0. The van der Waals surface area contributed by atoms with E-state index in [0.717, 1.165) is 0 Å². The molecule has 0 amide bonds.